The van der Waals surface area contributed by atoms with Crippen molar-refractivity contribution in [2.45, 2.75) is 6.18 Å². The van der Waals surface area contributed by atoms with Gasteiger partial charge in [-0.15, -0.1) is 5.10 Å². The second-order valence-corrected chi connectivity index (χ2v) is 6.49. The van der Waals surface area contributed by atoms with Crippen LogP contribution < -0.4 is 9.80 Å². The molecule has 1 fully saturated rings. The number of piperazine rings is 1. The van der Waals surface area contributed by atoms with Crippen molar-refractivity contribution in [1.82, 2.24) is 15.1 Å². The van der Waals surface area contributed by atoms with Gasteiger partial charge in [0.15, 0.2) is 5.82 Å². The van der Waals surface area contributed by atoms with Gasteiger partial charge in [-0.1, -0.05) is 12.1 Å². The summed E-state index contributed by atoms with van der Waals surface area (Å²) in [5, 5.41) is 8.10. The second kappa shape index (κ2) is 7.42. The fraction of sp³-hybridized carbons (Fsp3) is 0.389. The second-order valence-electron chi connectivity index (χ2n) is 6.49. The van der Waals surface area contributed by atoms with Gasteiger partial charge in [0.25, 0.3) is 5.91 Å². The summed E-state index contributed by atoms with van der Waals surface area (Å²) in [4.78, 5) is 18.0. The molecule has 27 heavy (non-hydrogen) atoms. The Hall–Kier alpha value is -2.84. The van der Waals surface area contributed by atoms with Gasteiger partial charge in [-0.05, 0) is 12.1 Å². The molecule has 0 aliphatic carbocycles. The van der Waals surface area contributed by atoms with Gasteiger partial charge in [-0.2, -0.15) is 18.3 Å². The normalized spacial score (nSPS) is 15.0. The molecule has 0 atom stereocenters. The third-order valence-electron chi connectivity index (χ3n) is 4.50. The first kappa shape index (κ1) is 18.9. The summed E-state index contributed by atoms with van der Waals surface area (Å²) in [6, 6.07) is 6.79. The zero-order chi connectivity index (χ0) is 19.6. The van der Waals surface area contributed by atoms with Crippen LogP contribution in [0.2, 0.25) is 0 Å². The zero-order valence-corrected chi connectivity index (χ0v) is 15.1. The van der Waals surface area contributed by atoms with Crippen molar-refractivity contribution in [3.63, 3.8) is 0 Å². The highest BCUT2D eigenvalue weighted by Gasteiger charge is 2.36. The minimum atomic E-state index is -4.56. The van der Waals surface area contributed by atoms with Crippen LogP contribution in [-0.4, -0.2) is 61.3 Å². The standard InChI is InChI=1S/C18H20F3N5O/c1-24(2)13-11-16(23-22-12-13)25-7-9-26(10-8-25)17(27)14-5-3-4-6-15(14)18(19,20)21/h3-6,11-12H,7-10H2,1-2H3. The minimum Gasteiger partial charge on any atom is -0.376 e. The summed E-state index contributed by atoms with van der Waals surface area (Å²) < 4.78 is 39.5. The van der Waals surface area contributed by atoms with Crippen molar-refractivity contribution in [2.24, 2.45) is 0 Å². The Balaban J connectivity index is 1.71. The van der Waals surface area contributed by atoms with Gasteiger partial charge in [0.05, 0.1) is 23.0 Å². The fourth-order valence-electron chi connectivity index (χ4n) is 2.97. The maximum Gasteiger partial charge on any atom is 0.417 e. The highest BCUT2D eigenvalue weighted by Crippen LogP contribution is 2.32. The lowest BCUT2D eigenvalue weighted by Crippen LogP contribution is -2.49. The summed E-state index contributed by atoms with van der Waals surface area (Å²) in [5.41, 5.74) is -0.313. The largest absolute Gasteiger partial charge is 0.417 e. The van der Waals surface area contributed by atoms with E-state index in [-0.39, 0.29) is 5.56 Å². The van der Waals surface area contributed by atoms with E-state index >= 15 is 0 Å². The number of amides is 1. The van der Waals surface area contributed by atoms with E-state index < -0.39 is 17.6 Å². The van der Waals surface area contributed by atoms with Gasteiger partial charge < -0.3 is 14.7 Å². The average Bonchev–Trinajstić information content (AvgIpc) is 2.67. The van der Waals surface area contributed by atoms with Crippen molar-refractivity contribution in [2.75, 3.05) is 50.1 Å². The molecule has 0 unspecified atom stereocenters. The molecule has 1 saturated heterocycles. The molecule has 1 aromatic heterocycles. The van der Waals surface area contributed by atoms with Gasteiger partial charge in [-0.25, -0.2) is 0 Å². The number of carbonyl (C=O) groups excluding carboxylic acids is 1. The number of nitrogens with zero attached hydrogens (tertiary/aromatic N) is 5. The number of alkyl halides is 3. The van der Waals surface area contributed by atoms with Crippen LogP contribution in [0.15, 0.2) is 36.5 Å². The molecular formula is C18H20F3N5O. The zero-order valence-electron chi connectivity index (χ0n) is 15.1. The van der Waals surface area contributed by atoms with Gasteiger partial charge >= 0.3 is 6.18 Å². The Kier molecular flexibility index (Phi) is 5.20. The van der Waals surface area contributed by atoms with Gasteiger partial charge in [0, 0.05) is 46.3 Å². The summed E-state index contributed by atoms with van der Waals surface area (Å²) in [5.74, 6) is 0.0830. The van der Waals surface area contributed by atoms with Crippen LogP contribution >= 0.6 is 0 Å². The van der Waals surface area contributed by atoms with Crippen LogP contribution in [0.1, 0.15) is 15.9 Å². The Morgan fingerprint density at radius 3 is 2.41 bits per heavy atom. The maximum absolute atomic E-state index is 13.2. The predicted octanol–water partition coefficient (Wildman–Crippen LogP) is 2.52. The van der Waals surface area contributed by atoms with Crippen molar-refractivity contribution < 1.29 is 18.0 Å². The lowest BCUT2D eigenvalue weighted by Gasteiger charge is -2.35. The van der Waals surface area contributed by atoms with Crippen LogP contribution in [0.5, 0.6) is 0 Å². The van der Waals surface area contributed by atoms with Crippen LogP contribution in [0, 0.1) is 0 Å². The number of hydrogen-bond donors (Lipinski definition) is 0. The van der Waals surface area contributed by atoms with Crippen LogP contribution in [0.25, 0.3) is 0 Å². The van der Waals surface area contributed by atoms with Crippen molar-refractivity contribution in [1.29, 1.82) is 0 Å². The summed E-state index contributed by atoms with van der Waals surface area (Å²) in [6.07, 6.45) is -2.91. The van der Waals surface area contributed by atoms with Crippen LogP contribution in [-0.2, 0) is 6.18 Å². The molecule has 0 N–H and O–H groups in total. The molecule has 9 heteroatoms. The molecule has 1 amide bonds. The minimum absolute atomic E-state index is 0.312. The lowest BCUT2D eigenvalue weighted by atomic mass is 10.1. The van der Waals surface area contributed by atoms with Crippen molar-refractivity contribution >= 4 is 17.4 Å². The van der Waals surface area contributed by atoms with E-state index in [1.54, 1.807) is 6.20 Å². The predicted molar refractivity (Wildman–Crippen MR) is 95.9 cm³/mol. The fourth-order valence-corrected chi connectivity index (χ4v) is 2.97. The topological polar surface area (TPSA) is 52.6 Å². The van der Waals surface area contributed by atoms with E-state index in [1.807, 2.05) is 30.0 Å². The highest BCUT2D eigenvalue weighted by molar-refractivity contribution is 5.96. The highest BCUT2D eigenvalue weighted by atomic mass is 19.4. The van der Waals surface area contributed by atoms with Crippen molar-refractivity contribution in [3.8, 4) is 0 Å². The molecule has 144 valence electrons. The lowest BCUT2D eigenvalue weighted by molar-refractivity contribution is -0.138. The van der Waals surface area contributed by atoms with Gasteiger partial charge in [-0.3, -0.25) is 4.79 Å². The molecule has 1 aliphatic heterocycles. The third-order valence-corrected chi connectivity index (χ3v) is 4.50. The Morgan fingerprint density at radius 1 is 1.11 bits per heavy atom. The molecule has 6 nitrogen and oxygen atoms in total. The van der Waals surface area contributed by atoms with E-state index in [9.17, 15) is 18.0 Å². The number of aromatic nitrogens is 2. The quantitative estimate of drug-likeness (QED) is 0.820. The van der Waals surface area contributed by atoms with Crippen molar-refractivity contribution in [3.05, 3.63) is 47.7 Å². The number of anilines is 2. The number of halogens is 3. The number of benzene rings is 1. The Labute approximate surface area is 155 Å². The van der Waals surface area contributed by atoms with Gasteiger partial charge in [0.2, 0.25) is 0 Å². The molecule has 1 aliphatic rings. The van der Waals surface area contributed by atoms with Gasteiger partial charge in [0.1, 0.15) is 0 Å². The van der Waals surface area contributed by atoms with Crippen LogP contribution in [0.4, 0.5) is 24.7 Å². The first-order valence-electron chi connectivity index (χ1n) is 8.48. The molecule has 0 radical (unpaired) electrons. The molecule has 2 aromatic rings. The third kappa shape index (κ3) is 4.12. The SMILES string of the molecule is CN(C)c1cnnc(N2CCN(C(=O)c3ccccc3C(F)(F)F)CC2)c1. The summed E-state index contributed by atoms with van der Waals surface area (Å²) in [7, 11) is 3.80. The number of hydrogen-bond acceptors (Lipinski definition) is 5. The number of rotatable bonds is 3. The van der Waals surface area contributed by atoms with E-state index in [4.69, 9.17) is 0 Å². The molecule has 3 rings (SSSR count). The number of carbonyl (C=O) groups is 1. The summed E-state index contributed by atoms with van der Waals surface area (Å²) in [6.45, 7) is 1.59. The first-order valence-corrected chi connectivity index (χ1v) is 8.48. The average molecular weight is 379 g/mol. The van der Waals surface area contributed by atoms with E-state index in [2.05, 4.69) is 10.2 Å². The van der Waals surface area contributed by atoms with Crippen LogP contribution in [0.3, 0.4) is 0 Å². The Morgan fingerprint density at radius 2 is 1.78 bits per heavy atom. The smallest absolute Gasteiger partial charge is 0.376 e. The monoisotopic (exact) mass is 379 g/mol. The molecule has 0 spiro atoms. The van der Waals surface area contributed by atoms with E-state index in [0.717, 1.165) is 11.8 Å². The van der Waals surface area contributed by atoms with E-state index in [1.165, 1.54) is 23.1 Å². The summed E-state index contributed by atoms with van der Waals surface area (Å²) >= 11 is 0. The molecule has 0 saturated carbocycles. The first-order chi connectivity index (χ1) is 12.8. The molecule has 0 bridgehead atoms. The molecule has 2 heterocycles. The molecule has 1 aromatic carbocycles. The maximum atomic E-state index is 13.2. The molecular weight excluding hydrogens is 359 g/mol. The van der Waals surface area contributed by atoms with E-state index in [0.29, 0.717) is 32.0 Å². The Bertz CT molecular complexity index is 817.